The summed E-state index contributed by atoms with van der Waals surface area (Å²) in [7, 11) is 0. The molecule has 0 saturated heterocycles. The molecule has 0 aliphatic carbocycles. The average molecular weight is 209 g/mol. The molecular weight excluding hydrogens is 198 g/mol. The monoisotopic (exact) mass is 209 g/mol. The van der Waals surface area contributed by atoms with Crippen LogP contribution in [0.4, 0.5) is 0 Å². The average Bonchev–Trinajstić information content (AvgIpc) is 2.26. The first-order valence-electron chi connectivity index (χ1n) is 4.41. The molecule has 0 bridgehead atoms. The second-order valence-corrected chi connectivity index (χ2v) is 2.84. The van der Waals surface area contributed by atoms with Gasteiger partial charge in [-0.25, -0.2) is 9.97 Å². The lowest BCUT2D eigenvalue weighted by molar-refractivity contribution is -0.137. The predicted octanol–water partition coefficient (Wildman–Crippen LogP) is 0.0233. The van der Waals surface area contributed by atoms with Gasteiger partial charge in [0.1, 0.15) is 12.9 Å². The molecule has 1 rings (SSSR count). The lowest BCUT2D eigenvalue weighted by Crippen LogP contribution is -2.35. The van der Waals surface area contributed by atoms with Gasteiger partial charge in [-0.05, 0) is 6.92 Å². The van der Waals surface area contributed by atoms with Crippen molar-refractivity contribution in [3.05, 3.63) is 24.3 Å². The van der Waals surface area contributed by atoms with Gasteiger partial charge in [0.25, 0.3) is 5.91 Å². The molecule has 80 valence electrons. The lowest BCUT2D eigenvalue weighted by atomic mass is 10.3. The van der Waals surface area contributed by atoms with Gasteiger partial charge in [-0.1, -0.05) is 0 Å². The predicted molar refractivity (Wildman–Crippen MR) is 51.2 cm³/mol. The molecule has 0 aliphatic rings. The Hall–Kier alpha value is -1.98. The van der Waals surface area contributed by atoms with Crippen LogP contribution < -0.4 is 0 Å². The van der Waals surface area contributed by atoms with Crippen molar-refractivity contribution < 1.29 is 14.7 Å². The summed E-state index contributed by atoms with van der Waals surface area (Å²) in [5.41, 5.74) is 0.292. The molecule has 0 unspecified atom stereocenters. The Morgan fingerprint density at radius 3 is 2.47 bits per heavy atom. The van der Waals surface area contributed by atoms with Crippen LogP contribution in [0.2, 0.25) is 0 Å². The van der Waals surface area contributed by atoms with E-state index in [2.05, 4.69) is 9.97 Å². The molecule has 1 aromatic heterocycles. The number of likely N-dealkylation sites (N-methyl/N-ethyl adjacent to an activating group) is 1. The van der Waals surface area contributed by atoms with Crippen molar-refractivity contribution >= 4 is 11.9 Å². The molecule has 0 aromatic carbocycles. The van der Waals surface area contributed by atoms with Crippen LogP contribution in [0, 0.1) is 0 Å². The van der Waals surface area contributed by atoms with Crippen LogP contribution in [-0.4, -0.2) is 44.9 Å². The highest BCUT2D eigenvalue weighted by Crippen LogP contribution is 2.01. The van der Waals surface area contributed by atoms with E-state index in [0.717, 1.165) is 0 Å². The van der Waals surface area contributed by atoms with Crippen molar-refractivity contribution in [3.8, 4) is 0 Å². The van der Waals surface area contributed by atoms with Gasteiger partial charge < -0.3 is 10.0 Å². The molecule has 1 aromatic rings. The zero-order chi connectivity index (χ0) is 11.3. The van der Waals surface area contributed by atoms with Crippen LogP contribution in [-0.2, 0) is 4.79 Å². The van der Waals surface area contributed by atoms with Gasteiger partial charge in [0.15, 0.2) is 0 Å². The Bertz CT molecular complexity index is 353. The van der Waals surface area contributed by atoms with Crippen molar-refractivity contribution in [2.75, 3.05) is 13.1 Å². The highest BCUT2D eigenvalue weighted by Gasteiger charge is 2.16. The molecule has 0 aliphatic heterocycles. The topological polar surface area (TPSA) is 83.4 Å². The van der Waals surface area contributed by atoms with Crippen molar-refractivity contribution in [2.24, 2.45) is 0 Å². The summed E-state index contributed by atoms with van der Waals surface area (Å²) in [4.78, 5) is 30.8. The molecule has 1 heterocycles. The Balaban J connectivity index is 2.78. The fourth-order valence-electron chi connectivity index (χ4n) is 1.08. The number of aromatic nitrogens is 2. The SMILES string of the molecule is CCN(CC(=O)O)C(=O)c1cncnc1. The van der Waals surface area contributed by atoms with Gasteiger partial charge in [-0.15, -0.1) is 0 Å². The zero-order valence-electron chi connectivity index (χ0n) is 8.25. The van der Waals surface area contributed by atoms with Crippen LogP contribution in [0.5, 0.6) is 0 Å². The first-order chi connectivity index (χ1) is 7.15. The molecule has 0 spiro atoms. The van der Waals surface area contributed by atoms with Crippen LogP contribution in [0.1, 0.15) is 17.3 Å². The minimum Gasteiger partial charge on any atom is -0.480 e. The number of carboxylic acids is 1. The second-order valence-electron chi connectivity index (χ2n) is 2.84. The molecule has 6 nitrogen and oxygen atoms in total. The van der Waals surface area contributed by atoms with E-state index in [4.69, 9.17) is 5.11 Å². The number of amides is 1. The maximum absolute atomic E-state index is 11.7. The van der Waals surface area contributed by atoms with Crippen molar-refractivity contribution in [3.63, 3.8) is 0 Å². The third kappa shape index (κ3) is 3.01. The Morgan fingerprint density at radius 2 is 2.00 bits per heavy atom. The molecule has 0 fully saturated rings. The second kappa shape index (κ2) is 5.04. The van der Waals surface area contributed by atoms with E-state index in [1.807, 2.05) is 0 Å². The zero-order valence-corrected chi connectivity index (χ0v) is 8.25. The first kappa shape index (κ1) is 11.1. The van der Waals surface area contributed by atoms with E-state index >= 15 is 0 Å². The van der Waals surface area contributed by atoms with Gasteiger partial charge in [0.2, 0.25) is 0 Å². The fourth-order valence-corrected chi connectivity index (χ4v) is 1.08. The minimum absolute atomic E-state index is 0.292. The quantitative estimate of drug-likeness (QED) is 0.755. The standard InChI is InChI=1S/C9H11N3O3/c1-2-12(5-8(13)14)9(15)7-3-10-6-11-4-7/h3-4,6H,2,5H2,1H3,(H,13,14). The third-order valence-corrected chi connectivity index (χ3v) is 1.80. The maximum Gasteiger partial charge on any atom is 0.323 e. The van der Waals surface area contributed by atoms with E-state index in [1.54, 1.807) is 6.92 Å². The van der Waals surface area contributed by atoms with Crippen LogP contribution in [0.3, 0.4) is 0 Å². The summed E-state index contributed by atoms with van der Waals surface area (Å²) in [5.74, 6) is -1.41. The van der Waals surface area contributed by atoms with Gasteiger partial charge >= 0.3 is 5.97 Å². The summed E-state index contributed by atoms with van der Waals surface area (Å²) in [6.45, 7) is 1.73. The molecule has 0 saturated carbocycles. The van der Waals surface area contributed by atoms with E-state index in [9.17, 15) is 9.59 Å². The highest BCUT2D eigenvalue weighted by atomic mass is 16.4. The molecule has 6 heteroatoms. The Labute approximate surface area is 86.6 Å². The number of carboxylic acid groups (broad SMARTS) is 1. The molecule has 1 amide bonds. The van der Waals surface area contributed by atoms with E-state index in [0.29, 0.717) is 12.1 Å². The number of rotatable bonds is 4. The van der Waals surface area contributed by atoms with E-state index in [1.165, 1.54) is 23.6 Å². The first-order valence-corrected chi connectivity index (χ1v) is 4.41. The van der Waals surface area contributed by atoms with Crippen LogP contribution in [0.25, 0.3) is 0 Å². The van der Waals surface area contributed by atoms with Crippen LogP contribution in [0.15, 0.2) is 18.7 Å². The number of hydrogen-bond donors (Lipinski definition) is 1. The third-order valence-electron chi connectivity index (χ3n) is 1.80. The van der Waals surface area contributed by atoms with E-state index in [-0.39, 0.29) is 12.5 Å². The van der Waals surface area contributed by atoms with Crippen molar-refractivity contribution in [1.29, 1.82) is 0 Å². The molecule has 0 atom stereocenters. The lowest BCUT2D eigenvalue weighted by Gasteiger charge is -2.17. The number of carbonyl (C=O) groups is 2. The summed E-state index contributed by atoms with van der Waals surface area (Å²) in [5, 5.41) is 8.59. The number of carbonyl (C=O) groups excluding carboxylic acids is 1. The Morgan fingerprint density at radius 1 is 1.40 bits per heavy atom. The van der Waals surface area contributed by atoms with Crippen molar-refractivity contribution in [2.45, 2.75) is 6.92 Å². The molecule has 1 N–H and O–H groups in total. The maximum atomic E-state index is 11.7. The number of hydrogen-bond acceptors (Lipinski definition) is 4. The van der Waals surface area contributed by atoms with Crippen LogP contribution >= 0.6 is 0 Å². The highest BCUT2D eigenvalue weighted by molar-refractivity contribution is 5.95. The summed E-state index contributed by atoms with van der Waals surface area (Å²) in [6.07, 6.45) is 4.03. The summed E-state index contributed by atoms with van der Waals surface area (Å²) < 4.78 is 0. The summed E-state index contributed by atoms with van der Waals surface area (Å²) >= 11 is 0. The van der Waals surface area contributed by atoms with E-state index < -0.39 is 5.97 Å². The molecular formula is C9H11N3O3. The summed E-state index contributed by atoms with van der Waals surface area (Å²) in [6, 6.07) is 0. The fraction of sp³-hybridized carbons (Fsp3) is 0.333. The number of aliphatic carboxylic acids is 1. The van der Waals surface area contributed by atoms with Gasteiger partial charge in [0, 0.05) is 18.9 Å². The minimum atomic E-state index is -1.04. The van der Waals surface area contributed by atoms with Gasteiger partial charge in [-0.3, -0.25) is 9.59 Å². The number of nitrogens with zero attached hydrogens (tertiary/aromatic N) is 3. The largest absolute Gasteiger partial charge is 0.480 e. The molecule has 15 heavy (non-hydrogen) atoms. The molecule has 0 radical (unpaired) electrons. The van der Waals surface area contributed by atoms with Gasteiger partial charge in [-0.2, -0.15) is 0 Å². The Kier molecular flexibility index (Phi) is 3.73. The normalized spacial score (nSPS) is 9.67. The van der Waals surface area contributed by atoms with Gasteiger partial charge in [0.05, 0.1) is 5.56 Å². The van der Waals surface area contributed by atoms with Crippen molar-refractivity contribution in [1.82, 2.24) is 14.9 Å². The smallest absolute Gasteiger partial charge is 0.323 e.